The minimum atomic E-state index is -0.709. The van der Waals surface area contributed by atoms with E-state index in [9.17, 15) is 8.78 Å². The average Bonchev–Trinajstić information content (AvgIpc) is 2.94. The van der Waals surface area contributed by atoms with Gasteiger partial charge in [0.25, 0.3) is 0 Å². The van der Waals surface area contributed by atoms with E-state index in [0.717, 1.165) is 37.0 Å². The van der Waals surface area contributed by atoms with Crippen LogP contribution in [0.1, 0.15) is 24.7 Å². The van der Waals surface area contributed by atoms with E-state index in [4.69, 9.17) is 4.74 Å². The highest BCUT2D eigenvalue weighted by Gasteiger charge is 2.05. The Morgan fingerprint density at radius 1 is 1.22 bits per heavy atom. The molecule has 2 rings (SSSR count). The van der Waals surface area contributed by atoms with Gasteiger partial charge in [-0.2, -0.15) is 5.10 Å². The Morgan fingerprint density at radius 3 is 2.70 bits per heavy atom. The van der Waals surface area contributed by atoms with Crippen LogP contribution in [0.15, 0.2) is 29.3 Å². The topological polar surface area (TPSA) is 63.5 Å². The summed E-state index contributed by atoms with van der Waals surface area (Å²) in [5, 5.41) is 10.7. The van der Waals surface area contributed by atoms with Crippen LogP contribution < -0.4 is 15.4 Å². The zero-order valence-electron chi connectivity index (χ0n) is 16.1. The van der Waals surface area contributed by atoms with Gasteiger partial charge in [0.15, 0.2) is 17.5 Å². The lowest BCUT2D eigenvalue weighted by Gasteiger charge is -2.12. The Morgan fingerprint density at radius 2 is 2.04 bits per heavy atom. The van der Waals surface area contributed by atoms with E-state index in [1.165, 1.54) is 12.1 Å². The van der Waals surface area contributed by atoms with Crippen LogP contribution in [0.2, 0.25) is 0 Å². The van der Waals surface area contributed by atoms with E-state index in [1.54, 1.807) is 0 Å². The molecular weight excluding hydrogens is 352 g/mol. The molecule has 0 bridgehead atoms. The molecule has 0 fully saturated rings. The molecule has 0 spiro atoms. The number of aliphatic imine (C=N–C) groups is 1. The lowest BCUT2D eigenvalue weighted by molar-refractivity contribution is 0.304. The molecule has 0 amide bonds. The van der Waals surface area contributed by atoms with Crippen LogP contribution in [0, 0.1) is 25.5 Å². The van der Waals surface area contributed by atoms with Crippen LogP contribution in [0.5, 0.6) is 5.75 Å². The highest BCUT2D eigenvalue weighted by atomic mass is 19.1. The Bertz CT molecular complexity index is 761. The number of halogens is 2. The fraction of sp³-hybridized carbons (Fsp3) is 0.474. The number of benzene rings is 1. The molecule has 148 valence electrons. The van der Waals surface area contributed by atoms with Crippen LogP contribution in [0.25, 0.3) is 0 Å². The summed E-state index contributed by atoms with van der Waals surface area (Å²) in [6.45, 7) is 8.89. The number of hydrogen-bond acceptors (Lipinski definition) is 3. The fourth-order valence-corrected chi connectivity index (χ4v) is 2.58. The summed E-state index contributed by atoms with van der Waals surface area (Å²) in [6, 6.07) is 5.30. The van der Waals surface area contributed by atoms with Crippen molar-refractivity contribution >= 4 is 5.96 Å². The van der Waals surface area contributed by atoms with Gasteiger partial charge in [0.1, 0.15) is 12.4 Å². The highest BCUT2D eigenvalue weighted by Crippen LogP contribution is 2.17. The molecule has 1 aromatic heterocycles. The van der Waals surface area contributed by atoms with Crippen molar-refractivity contribution < 1.29 is 13.5 Å². The van der Waals surface area contributed by atoms with E-state index < -0.39 is 11.6 Å². The molecule has 0 saturated carbocycles. The summed E-state index contributed by atoms with van der Waals surface area (Å²) in [4.78, 5) is 4.51. The minimum absolute atomic E-state index is 0.0324. The van der Waals surface area contributed by atoms with Crippen LogP contribution in [0.4, 0.5) is 8.78 Å². The number of guanidine groups is 1. The third-order valence-corrected chi connectivity index (χ3v) is 3.79. The number of ether oxygens (including phenoxy) is 1. The molecule has 0 radical (unpaired) electrons. The first-order valence-corrected chi connectivity index (χ1v) is 9.10. The van der Waals surface area contributed by atoms with E-state index in [2.05, 4.69) is 26.8 Å². The van der Waals surface area contributed by atoms with Crippen molar-refractivity contribution in [2.24, 2.45) is 4.99 Å². The maximum atomic E-state index is 13.5. The van der Waals surface area contributed by atoms with Gasteiger partial charge >= 0.3 is 0 Å². The van der Waals surface area contributed by atoms with E-state index in [0.29, 0.717) is 19.0 Å². The second kappa shape index (κ2) is 10.5. The maximum Gasteiger partial charge on any atom is 0.191 e. The third-order valence-electron chi connectivity index (χ3n) is 3.79. The molecule has 8 heteroatoms. The second-order valence-corrected chi connectivity index (χ2v) is 6.11. The largest absolute Gasteiger partial charge is 0.489 e. The molecular formula is C19H27F2N5O. The summed E-state index contributed by atoms with van der Waals surface area (Å²) in [7, 11) is 0. The second-order valence-electron chi connectivity index (χ2n) is 6.11. The molecule has 6 nitrogen and oxygen atoms in total. The summed E-state index contributed by atoms with van der Waals surface area (Å²) in [5.41, 5.74) is 2.16. The van der Waals surface area contributed by atoms with Crippen LogP contribution >= 0.6 is 0 Å². The van der Waals surface area contributed by atoms with Crippen molar-refractivity contribution in [1.82, 2.24) is 20.4 Å². The molecule has 2 N–H and O–H groups in total. The third kappa shape index (κ3) is 6.88. The molecule has 27 heavy (non-hydrogen) atoms. The lowest BCUT2D eigenvalue weighted by atomic mass is 10.3. The monoisotopic (exact) mass is 379 g/mol. The van der Waals surface area contributed by atoms with Crippen molar-refractivity contribution in [3.05, 3.63) is 47.3 Å². The van der Waals surface area contributed by atoms with Crippen molar-refractivity contribution in [2.75, 3.05) is 26.2 Å². The first-order valence-electron chi connectivity index (χ1n) is 9.10. The predicted molar refractivity (Wildman–Crippen MR) is 102 cm³/mol. The summed E-state index contributed by atoms with van der Waals surface area (Å²) >= 11 is 0. The molecule has 1 aromatic carbocycles. The van der Waals surface area contributed by atoms with Gasteiger partial charge in [0.05, 0.1) is 12.2 Å². The van der Waals surface area contributed by atoms with E-state index in [1.807, 2.05) is 25.5 Å². The zero-order chi connectivity index (χ0) is 19.6. The van der Waals surface area contributed by atoms with Gasteiger partial charge in [-0.05, 0) is 45.4 Å². The minimum Gasteiger partial charge on any atom is -0.489 e. The van der Waals surface area contributed by atoms with Crippen molar-refractivity contribution in [2.45, 2.75) is 33.7 Å². The zero-order valence-corrected chi connectivity index (χ0v) is 16.1. The summed E-state index contributed by atoms with van der Waals surface area (Å²) in [5.74, 6) is -0.626. The first-order chi connectivity index (χ1) is 13.0. The summed E-state index contributed by atoms with van der Waals surface area (Å²) < 4.78 is 33.7. The Kier molecular flexibility index (Phi) is 8.03. The Hall–Kier alpha value is -2.64. The standard InChI is InChI=1S/C19H27F2N5O/c1-4-22-19(23-8-5-10-26-15(3)12-14(2)25-26)24-9-11-27-18-7-6-16(20)13-17(18)21/h6-7,12-13H,4-5,8-11H2,1-3H3,(H2,22,23,24). The molecule has 0 aliphatic carbocycles. The lowest BCUT2D eigenvalue weighted by Crippen LogP contribution is -2.39. The smallest absolute Gasteiger partial charge is 0.191 e. The number of hydrogen-bond donors (Lipinski definition) is 2. The van der Waals surface area contributed by atoms with Crippen LogP contribution in [0.3, 0.4) is 0 Å². The maximum absolute atomic E-state index is 13.5. The van der Waals surface area contributed by atoms with Gasteiger partial charge in [-0.1, -0.05) is 0 Å². The Labute approximate surface area is 158 Å². The number of nitrogens with zero attached hydrogens (tertiary/aromatic N) is 3. The number of nitrogens with one attached hydrogen (secondary N) is 2. The predicted octanol–water partition coefficient (Wildman–Crippen LogP) is 2.80. The first kappa shape index (κ1) is 20.7. The Balaban J connectivity index is 1.73. The van der Waals surface area contributed by atoms with E-state index in [-0.39, 0.29) is 12.4 Å². The van der Waals surface area contributed by atoms with Crippen LogP contribution in [-0.2, 0) is 6.54 Å². The molecule has 2 aromatic rings. The van der Waals surface area contributed by atoms with Gasteiger partial charge in [-0.25, -0.2) is 8.78 Å². The van der Waals surface area contributed by atoms with Crippen molar-refractivity contribution in [1.29, 1.82) is 0 Å². The highest BCUT2D eigenvalue weighted by molar-refractivity contribution is 5.79. The molecule has 0 unspecified atom stereocenters. The molecule has 1 heterocycles. The molecule has 0 atom stereocenters. The number of rotatable bonds is 9. The SMILES string of the molecule is CCNC(=NCCCn1nc(C)cc1C)NCCOc1ccc(F)cc1F. The molecule has 0 aliphatic heterocycles. The van der Waals surface area contributed by atoms with Gasteiger partial charge in [0.2, 0.25) is 0 Å². The van der Waals surface area contributed by atoms with E-state index >= 15 is 0 Å². The van der Waals surface area contributed by atoms with Crippen molar-refractivity contribution in [3.63, 3.8) is 0 Å². The quantitative estimate of drug-likeness (QED) is 0.400. The van der Waals surface area contributed by atoms with Gasteiger partial charge < -0.3 is 15.4 Å². The molecule has 0 saturated heterocycles. The molecule has 0 aliphatic rings. The van der Waals surface area contributed by atoms with Crippen molar-refractivity contribution in [3.8, 4) is 5.75 Å². The van der Waals surface area contributed by atoms with Crippen LogP contribution in [-0.4, -0.2) is 42.0 Å². The normalized spacial score (nSPS) is 11.5. The average molecular weight is 379 g/mol. The summed E-state index contributed by atoms with van der Waals surface area (Å²) in [6.07, 6.45) is 0.871. The number of aryl methyl sites for hydroxylation is 3. The fourth-order valence-electron chi connectivity index (χ4n) is 2.58. The van der Waals surface area contributed by atoms with Gasteiger partial charge in [-0.15, -0.1) is 0 Å². The number of aromatic nitrogens is 2. The van der Waals surface area contributed by atoms with Gasteiger partial charge in [-0.3, -0.25) is 9.67 Å². The van der Waals surface area contributed by atoms with Gasteiger partial charge in [0, 0.05) is 31.4 Å².